The number of carbonyl (C=O) groups is 1. The maximum Gasteiger partial charge on any atom is 0.418 e. The Morgan fingerprint density at radius 3 is 2.28 bits per heavy atom. The number of imidazole rings is 1. The summed E-state index contributed by atoms with van der Waals surface area (Å²) in [5.41, 5.74) is 0.00814. The van der Waals surface area contributed by atoms with Crippen molar-refractivity contribution in [2.75, 3.05) is 11.6 Å². The zero-order valence-electron chi connectivity index (χ0n) is 19.9. The van der Waals surface area contributed by atoms with Crippen molar-refractivity contribution < 1.29 is 26.4 Å². The molecule has 0 atom stereocenters. The van der Waals surface area contributed by atoms with Crippen LogP contribution in [0.5, 0.6) is 0 Å². The molecule has 2 heterocycles. The molecule has 0 aliphatic carbocycles. The summed E-state index contributed by atoms with van der Waals surface area (Å²) in [4.78, 5) is 17.0. The largest absolute Gasteiger partial charge is 0.418 e. The first kappa shape index (κ1) is 25.4. The van der Waals surface area contributed by atoms with Gasteiger partial charge in [0.25, 0.3) is 0 Å². The van der Waals surface area contributed by atoms with Gasteiger partial charge >= 0.3 is 6.18 Å². The molecule has 188 valence electrons. The number of rotatable bonds is 4. The Bertz CT molecular complexity index is 1590. The molecule has 36 heavy (non-hydrogen) atoms. The molecule has 1 amide bonds. The highest BCUT2D eigenvalue weighted by Crippen LogP contribution is 2.38. The lowest BCUT2D eigenvalue weighted by atomic mass is 9.95. The Morgan fingerprint density at radius 2 is 1.64 bits per heavy atom. The molecule has 0 bridgehead atoms. The van der Waals surface area contributed by atoms with E-state index in [2.05, 4.69) is 15.4 Å². The van der Waals surface area contributed by atoms with Crippen molar-refractivity contribution in [2.24, 2.45) is 5.41 Å². The molecular formula is C25H23F3N4O3S. The highest BCUT2D eigenvalue weighted by atomic mass is 32.2. The molecule has 0 saturated heterocycles. The molecule has 7 nitrogen and oxygen atoms in total. The SMILES string of the molecule is CC(C)(C)C(=O)Nc1cc(-c2cn3nc(-c4cccc(S(C)(=O)=O)c4)ccc3n2)ccc1C(F)(F)F. The predicted molar refractivity (Wildman–Crippen MR) is 130 cm³/mol. The van der Waals surface area contributed by atoms with Crippen molar-refractivity contribution in [2.45, 2.75) is 31.8 Å². The number of benzene rings is 2. The highest BCUT2D eigenvalue weighted by Gasteiger charge is 2.35. The number of hydrogen-bond donors (Lipinski definition) is 1. The minimum atomic E-state index is -4.66. The van der Waals surface area contributed by atoms with Gasteiger partial charge in [0.1, 0.15) is 0 Å². The number of sulfone groups is 1. The average Bonchev–Trinajstić information content (AvgIpc) is 3.20. The maximum atomic E-state index is 13.6. The van der Waals surface area contributed by atoms with E-state index >= 15 is 0 Å². The second-order valence-corrected chi connectivity index (χ2v) is 11.4. The van der Waals surface area contributed by atoms with Gasteiger partial charge in [-0.3, -0.25) is 4.79 Å². The molecule has 11 heteroatoms. The molecule has 0 unspecified atom stereocenters. The number of nitrogens with one attached hydrogen (secondary N) is 1. The van der Waals surface area contributed by atoms with Crippen LogP contribution in [0.2, 0.25) is 0 Å². The standard InChI is InChI=1S/C25H23F3N4O3S/c1-24(2,3)23(33)30-20-13-16(8-9-18(20)25(26,27)28)21-14-32-22(29-21)11-10-19(31-32)15-6-5-7-17(12-15)36(4,34)35/h5-14H,1-4H3,(H,30,33). The van der Waals surface area contributed by atoms with Crippen LogP contribution >= 0.6 is 0 Å². The predicted octanol–water partition coefficient (Wildman–Crippen LogP) is 5.47. The number of carbonyl (C=O) groups excluding carboxylic acids is 1. The summed E-state index contributed by atoms with van der Waals surface area (Å²) in [6.07, 6.45) is -1.99. The van der Waals surface area contributed by atoms with Gasteiger partial charge in [0.2, 0.25) is 5.91 Å². The van der Waals surface area contributed by atoms with E-state index in [1.54, 1.807) is 51.2 Å². The summed E-state index contributed by atoms with van der Waals surface area (Å²) in [5, 5.41) is 6.88. The molecule has 0 aliphatic heterocycles. The summed E-state index contributed by atoms with van der Waals surface area (Å²) >= 11 is 0. The third-order valence-electron chi connectivity index (χ3n) is 5.43. The fourth-order valence-corrected chi connectivity index (χ4v) is 4.09. The smallest absolute Gasteiger partial charge is 0.325 e. The molecule has 0 fully saturated rings. The van der Waals surface area contributed by atoms with Crippen molar-refractivity contribution in [3.05, 3.63) is 66.4 Å². The van der Waals surface area contributed by atoms with E-state index < -0.39 is 32.9 Å². The summed E-state index contributed by atoms with van der Waals surface area (Å²) in [6, 6.07) is 13.1. The summed E-state index contributed by atoms with van der Waals surface area (Å²) in [7, 11) is -3.40. The quantitative estimate of drug-likeness (QED) is 0.388. The van der Waals surface area contributed by atoms with Crippen molar-refractivity contribution in [3.63, 3.8) is 0 Å². The van der Waals surface area contributed by atoms with Crippen molar-refractivity contribution >= 4 is 27.1 Å². The van der Waals surface area contributed by atoms with E-state index in [0.717, 1.165) is 12.3 Å². The van der Waals surface area contributed by atoms with Crippen LogP contribution in [0, 0.1) is 5.41 Å². The second kappa shape index (κ2) is 8.74. The first-order valence-electron chi connectivity index (χ1n) is 10.8. The van der Waals surface area contributed by atoms with Crippen LogP contribution in [0.25, 0.3) is 28.2 Å². The molecule has 2 aromatic heterocycles. The minimum Gasteiger partial charge on any atom is -0.325 e. The number of alkyl halides is 3. The molecule has 1 N–H and O–H groups in total. The normalized spacial score (nSPS) is 12.6. The number of amides is 1. The molecular weight excluding hydrogens is 493 g/mol. The zero-order valence-corrected chi connectivity index (χ0v) is 20.7. The molecule has 4 rings (SSSR count). The summed E-state index contributed by atoms with van der Waals surface area (Å²) in [6.45, 7) is 4.82. The molecule has 2 aromatic carbocycles. The second-order valence-electron chi connectivity index (χ2n) is 9.41. The Morgan fingerprint density at radius 1 is 0.944 bits per heavy atom. The van der Waals surface area contributed by atoms with Gasteiger partial charge in [-0.15, -0.1) is 0 Å². The van der Waals surface area contributed by atoms with Crippen LogP contribution in [0.15, 0.2) is 65.7 Å². The summed E-state index contributed by atoms with van der Waals surface area (Å²) in [5.74, 6) is -0.553. The van der Waals surface area contributed by atoms with Crippen LogP contribution in [0.4, 0.5) is 18.9 Å². The van der Waals surface area contributed by atoms with E-state index in [-0.39, 0.29) is 10.6 Å². The van der Waals surface area contributed by atoms with Gasteiger partial charge in [0, 0.05) is 22.8 Å². The third-order valence-corrected chi connectivity index (χ3v) is 6.54. The van der Waals surface area contributed by atoms with Gasteiger partial charge in [0.05, 0.1) is 33.7 Å². The van der Waals surface area contributed by atoms with Gasteiger partial charge in [-0.1, -0.05) is 39.0 Å². The van der Waals surface area contributed by atoms with Gasteiger partial charge in [-0.2, -0.15) is 18.3 Å². The highest BCUT2D eigenvalue weighted by molar-refractivity contribution is 7.90. The molecule has 0 aliphatic rings. The van der Waals surface area contributed by atoms with Crippen LogP contribution < -0.4 is 5.32 Å². The van der Waals surface area contributed by atoms with E-state index in [9.17, 15) is 26.4 Å². The van der Waals surface area contributed by atoms with E-state index in [0.29, 0.717) is 28.2 Å². The number of halogens is 3. The van der Waals surface area contributed by atoms with Gasteiger partial charge in [-0.05, 0) is 36.4 Å². The fraction of sp³-hybridized carbons (Fsp3) is 0.240. The van der Waals surface area contributed by atoms with Crippen LogP contribution in [-0.2, 0) is 20.8 Å². The molecule has 0 radical (unpaired) electrons. The lowest BCUT2D eigenvalue weighted by Crippen LogP contribution is -2.28. The Labute approximate surface area is 205 Å². The number of fused-ring (bicyclic) bond motifs is 1. The Hall–Kier alpha value is -3.73. The van der Waals surface area contributed by atoms with Crippen molar-refractivity contribution in [1.29, 1.82) is 0 Å². The molecule has 0 saturated carbocycles. The Kier molecular flexibility index (Phi) is 6.16. The van der Waals surface area contributed by atoms with Gasteiger partial charge < -0.3 is 5.32 Å². The van der Waals surface area contributed by atoms with Crippen molar-refractivity contribution in [3.8, 4) is 22.5 Å². The monoisotopic (exact) mass is 516 g/mol. The number of hydrogen-bond acceptors (Lipinski definition) is 5. The summed E-state index contributed by atoms with van der Waals surface area (Å²) < 4.78 is 66.0. The first-order valence-corrected chi connectivity index (χ1v) is 12.7. The van der Waals surface area contributed by atoms with Crippen LogP contribution in [0.3, 0.4) is 0 Å². The van der Waals surface area contributed by atoms with Crippen LogP contribution in [0.1, 0.15) is 26.3 Å². The number of nitrogens with zero attached hydrogens (tertiary/aromatic N) is 3. The first-order chi connectivity index (χ1) is 16.6. The van der Waals surface area contributed by atoms with E-state index in [1.165, 1.54) is 28.8 Å². The van der Waals surface area contributed by atoms with Crippen LogP contribution in [-0.4, -0.2) is 35.2 Å². The average molecular weight is 517 g/mol. The van der Waals surface area contributed by atoms with Gasteiger partial charge in [0.15, 0.2) is 15.5 Å². The maximum absolute atomic E-state index is 13.6. The Balaban J connectivity index is 1.75. The fourth-order valence-electron chi connectivity index (χ4n) is 3.43. The lowest BCUT2D eigenvalue weighted by Gasteiger charge is -2.20. The topological polar surface area (TPSA) is 93.4 Å². The number of anilines is 1. The van der Waals surface area contributed by atoms with Gasteiger partial charge in [-0.25, -0.2) is 17.9 Å². The third kappa shape index (κ3) is 5.25. The zero-order chi connectivity index (χ0) is 26.5. The number of aromatic nitrogens is 3. The van der Waals surface area contributed by atoms with Crippen molar-refractivity contribution in [1.82, 2.24) is 14.6 Å². The minimum absolute atomic E-state index is 0.155. The molecule has 0 spiro atoms. The van der Waals surface area contributed by atoms with E-state index in [1.807, 2.05) is 0 Å². The van der Waals surface area contributed by atoms with E-state index in [4.69, 9.17) is 0 Å². The molecule has 4 aromatic rings. The lowest BCUT2D eigenvalue weighted by molar-refractivity contribution is -0.137.